The van der Waals surface area contributed by atoms with E-state index < -0.39 is 5.60 Å². The molecule has 0 aliphatic carbocycles. The van der Waals surface area contributed by atoms with Gasteiger partial charge in [-0.15, -0.1) is 0 Å². The van der Waals surface area contributed by atoms with Gasteiger partial charge in [0, 0.05) is 5.33 Å². The largest absolute Gasteiger partial charge is 0.376 e. The summed E-state index contributed by atoms with van der Waals surface area (Å²) in [6, 6.07) is 27.7. The fourth-order valence-corrected chi connectivity index (χ4v) is 3.09. The lowest BCUT2D eigenvalue weighted by Gasteiger charge is -2.30. The topological polar surface area (TPSA) is 20.2 Å². The van der Waals surface area contributed by atoms with Crippen molar-refractivity contribution >= 4 is 15.9 Å². The average Bonchev–Trinajstić information content (AvgIpc) is 2.62. The Bertz CT molecular complexity index is 698. The highest BCUT2D eigenvalue weighted by atomic mass is 79.9. The molecule has 110 valence electrons. The summed E-state index contributed by atoms with van der Waals surface area (Å²) in [5, 5.41) is 12.4. The maximum atomic E-state index is 11.6. The summed E-state index contributed by atoms with van der Waals surface area (Å²) < 4.78 is 0. The Morgan fingerprint density at radius 3 is 1.68 bits per heavy atom. The SMILES string of the molecule is OC(c1ccccc1)(c1ccccc1)c1cccc(CBr)c1. The van der Waals surface area contributed by atoms with Crippen LogP contribution in [0.3, 0.4) is 0 Å². The molecule has 2 heteroatoms. The molecule has 1 nitrogen and oxygen atoms in total. The molecule has 0 bridgehead atoms. The fraction of sp³-hybridized carbons (Fsp3) is 0.100. The third-order valence-corrected chi connectivity index (χ3v) is 4.53. The van der Waals surface area contributed by atoms with Gasteiger partial charge in [0.05, 0.1) is 0 Å². The number of benzene rings is 3. The Hall–Kier alpha value is -1.90. The van der Waals surface area contributed by atoms with Gasteiger partial charge in [-0.3, -0.25) is 0 Å². The molecule has 0 heterocycles. The summed E-state index contributed by atoms with van der Waals surface area (Å²) in [7, 11) is 0. The molecule has 0 aromatic heterocycles. The molecule has 0 saturated carbocycles. The molecule has 3 aromatic carbocycles. The van der Waals surface area contributed by atoms with Crippen molar-refractivity contribution in [3.8, 4) is 0 Å². The predicted molar refractivity (Wildman–Crippen MR) is 94.1 cm³/mol. The van der Waals surface area contributed by atoms with Crippen LogP contribution in [-0.4, -0.2) is 5.11 Å². The lowest BCUT2D eigenvalue weighted by molar-refractivity contribution is 0.125. The summed E-state index contributed by atoms with van der Waals surface area (Å²) in [5.41, 5.74) is 2.60. The van der Waals surface area contributed by atoms with Crippen molar-refractivity contribution in [2.75, 3.05) is 0 Å². The third kappa shape index (κ3) is 2.72. The predicted octanol–water partition coefficient (Wildman–Crippen LogP) is 4.87. The lowest BCUT2D eigenvalue weighted by Crippen LogP contribution is -2.28. The Balaban J connectivity index is 2.23. The molecular formula is C20H17BrO. The molecule has 0 radical (unpaired) electrons. The summed E-state index contributed by atoms with van der Waals surface area (Å²) in [6.45, 7) is 0. The van der Waals surface area contributed by atoms with Gasteiger partial charge in [0.15, 0.2) is 0 Å². The molecule has 3 rings (SSSR count). The summed E-state index contributed by atoms with van der Waals surface area (Å²) >= 11 is 3.49. The van der Waals surface area contributed by atoms with E-state index in [-0.39, 0.29) is 0 Å². The van der Waals surface area contributed by atoms with Crippen LogP contribution in [0.4, 0.5) is 0 Å². The van der Waals surface area contributed by atoms with Crippen LogP contribution < -0.4 is 0 Å². The van der Waals surface area contributed by atoms with Gasteiger partial charge in [-0.25, -0.2) is 0 Å². The molecule has 0 spiro atoms. The Kier molecular flexibility index (Phi) is 4.41. The molecule has 3 aromatic rings. The molecule has 0 amide bonds. The van der Waals surface area contributed by atoms with Gasteiger partial charge >= 0.3 is 0 Å². The first-order chi connectivity index (χ1) is 10.7. The van der Waals surface area contributed by atoms with E-state index in [9.17, 15) is 5.11 Å². The van der Waals surface area contributed by atoms with E-state index in [1.54, 1.807) is 0 Å². The Morgan fingerprint density at radius 1 is 0.682 bits per heavy atom. The quantitative estimate of drug-likeness (QED) is 0.524. The van der Waals surface area contributed by atoms with E-state index >= 15 is 0 Å². The average molecular weight is 353 g/mol. The molecular weight excluding hydrogens is 336 g/mol. The van der Waals surface area contributed by atoms with E-state index in [2.05, 4.69) is 28.1 Å². The van der Waals surface area contributed by atoms with E-state index in [1.807, 2.05) is 72.8 Å². The number of hydrogen-bond acceptors (Lipinski definition) is 1. The number of hydrogen-bond donors (Lipinski definition) is 1. The standard InChI is InChI=1S/C20H17BrO/c21-15-16-8-7-13-19(14-16)20(22,17-9-3-1-4-10-17)18-11-5-2-6-12-18/h1-14,22H,15H2. The summed E-state index contributed by atoms with van der Waals surface area (Å²) in [6.07, 6.45) is 0. The number of halogens is 1. The minimum atomic E-state index is -1.15. The maximum Gasteiger partial charge on any atom is 0.140 e. The zero-order chi connectivity index (χ0) is 15.4. The molecule has 0 fully saturated rings. The zero-order valence-corrected chi connectivity index (χ0v) is 13.7. The van der Waals surface area contributed by atoms with E-state index in [4.69, 9.17) is 0 Å². The van der Waals surface area contributed by atoms with Gasteiger partial charge in [-0.1, -0.05) is 101 Å². The smallest absolute Gasteiger partial charge is 0.140 e. The molecule has 0 aliphatic heterocycles. The first-order valence-corrected chi connectivity index (χ1v) is 8.36. The monoisotopic (exact) mass is 352 g/mol. The van der Waals surface area contributed by atoms with Crippen molar-refractivity contribution in [2.24, 2.45) is 0 Å². The normalized spacial score (nSPS) is 11.4. The highest BCUT2D eigenvalue weighted by Crippen LogP contribution is 2.36. The van der Waals surface area contributed by atoms with Crippen LogP contribution in [0.25, 0.3) is 0 Å². The second kappa shape index (κ2) is 6.47. The van der Waals surface area contributed by atoms with Crippen molar-refractivity contribution < 1.29 is 5.11 Å². The molecule has 0 saturated heterocycles. The fourth-order valence-electron chi connectivity index (χ4n) is 2.74. The van der Waals surface area contributed by atoms with E-state index in [0.29, 0.717) is 0 Å². The van der Waals surface area contributed by atoms with Gasteiger partial charge < -0.3 is 5.11 Å². The van der Waals surface area contributed by atoms with Crippen LogP contribution >= 0.6 is 15.9 Å². The number of rotatable bonds is 4. The van der Waals surface area contributed by atoms with E-state index in [0.717, 1.165) is 27.6 Å². The molecule has 0 atom stereocenters. The van der Waals surface area contributed by atoms with Crippen molar-refractivity contribution in [1.29, 1.82) is 0 Å². The summed E-state index contributed by atoms with van der Waals surface area (Å²) in [4.78, 5) is 0. The molecule has 22 heavy (non-hydrogen) atoms. The van der Waals surface area contributed by atoms with Gasteiger partial charge in [-0.05, 0) is 22.3 Å². The second-order valence-corrected chi connectivity index (χ2v) is 5.84. The minimum absolute atomic E-state index is 0.764. The van der Waals surface area contributed by atoms with Crippen molar-refractivity contribution in [2.45, 2.75) is 10.9 Å². The zero-order valence-electron chi connectivity index (χ0n) is 12.1. The van der Waals surface area contributed by atoms with Crippen LogP contribution in [0.2, 0.25) is 0 Å². The first kappa shape index (κ1) is 15.0. The van der Waals surface area contributed by atoms with Gasteiger partial charge in [0.2, 0.25) is 0 Å². The van der Waals surface area contributed by atoms with Crippen molar-refractivity contribution in [1.82, 2.24) is 0 Å². The molecule has 0 aliphatic rings. The molecule has 0 unspecified atom stereocenters. The van der Waals surface area contributed by atoms with Crippen LogP contribution in [-0.2, 0) is 10.9 Å². The first-order valence-electron chi connectivity index (χ1n) is 7.24. The Morgan fingerprint density at radius 2 is 1.18 bits per heavy atom. The van der Waals surface area contributed by atoms with Gasteiger partial charge in [0.25, 0.3) is 0 Å². The third-order valence-electron chi connectivity index (χ3n) is 3.88. The molecule has 1 N–H and O–H groups in total. The second-order valence-electron chi connectivity index (χ2n) is 5.28. The van der Waals surface area contributed by atoms with Gasteiger partial charge in [0.1, 0.15) is 5.60 Å². The van der Waals surface area contributed by atoms with Crippen LogP contribution in [0.5, 0.6) is 0 Å². The van der Waals surface area contributed by atoms with Crippen LogP contribution in [0.15, 0.2) is 84.9 Å². The van der Waals surface area contributed by atoms with Crippen molar-refractivity contribution in [3.05, 3.63) is 107 Å². The van der Waals surface area contributed by atoms with Crippen molar-refractivity contribution in [3.63, 3.8) is 0 Å². The van der Waals surface area contributed by atoms with Crippen LogP contribution in [0, 0.1) is 0 Å². The van der Waals surface area contributed by atoms with Crippen LogP contribution in [0.1, 0.15) is 22.3 Å². The summed E-state index contributed by atoms with van der Waals surface area (Å²) in [5.74, 6) is 0. The van der Waals surface area contributed by atoms with Gasteiger partial charge in [-0.2, -0.15) is 0 Å². The maximum absolute atomic E-state index is 11.6. The highest BCUT2D eigenvalue weighted by Gasteiger charge is 2.33. The highest BCUT2D eigenvalue weighted by molar-refractivity contribution is 9.08. The minimum Gasteiger partial charge on any atom is -0.376 e. The van der Waals surface area contributed by atoms with E-state index in [1.165, 1.54) is 0 Å². The lowest BCUT2D eigenvalue weighted by atomic mass is 9.80. The number of alkyl halides is 1. The number of aliphatic hydroxyl groups is 1. The Labute approximate surface area is 139 Å².